The van der Waals surface area contributed by atoms with Crippen molar-refractivity contribution in [2.45, 2.75) is 26.4 Å². The summed E-state index contributed by atoms with van der Waals surface area (Å²) in [4.78, 5) is 20.7. The van der Waals surface area contributed by atoms with Gasteiger partial charge in [0.25, 0.3) is 5.89 Å². The molecule has 0 bridgehead atoms. The number of nitrogens with zero attached hydrogens (tertiary/aromatic N) is 5. The quantitative estimate of drug-likeness (QED) is 0.421. The van der Waals surface area contributed by atoms with E-state index in [1.165, 1.54) is 23.3 Å². The summed E-state index contributed by atoms with van der Waals surface area (Å²) in [7, 11) is 0. The van der Waals surface area contributed by atoms with Gasteiger partial charge in [-0.3, -0.25) is 0 Å². The van der Waals surface area contributed by atoms with Crippen LogP contribution in [0.3, 0.4) is 0 Å². The number of fused-ring (bicyclic) bond motifs is 1. The summed E-state index contributed by atoms with van der Waals surface area (Å²) in [5.74, 6) is 1.67. The summed E-state index contributed by atoms with van der Waals surface area (Å²) < 4.78 is 18.0. The Hall–Kier alpha value is -4.71. The fourth-order valence-electron chi connectivity index (χ4n) is 3.72. The normalized spacial score (nSPS) is 12.2. The van der Waals surface area contributed by atoms with E-state index in [-0.39, 0.29) is 12.0 Å². The van der Waals surface area contributed by atoms with Crippen molar-refractivity contribution in [2.24, 2.45) is 0 Å². The number of rotatable bonds is 5. The predicted octanol–water partition coefficient (Wildman–Crippen LogP) is 4.84. The van der Waals surface area contributed by atoms with Gasteiger partial charge >= 0.3 is 6.09 Å². The van der Waals surface area contributed by atoms with Crippen LogP contribution in [-0.4, -0.2) is 31.9 Å². The highest BCUT2D eigenvalue weighted by Gasteiger charge is 2.24. The minimum absolute atomic E-state index is 0.0501. The summed E-state index contributed by atoms with van der Waals surface area (Å²) in [6, 6.07) is 12.9. The number of imidazole rings is 1. The first kappa shape index (κ1) is 21.2. The number of hydrogen-bond donors (Lipinski definition) is 0. The lowest BCUT2D eigenvalue weighted by atomic mass is 10.0. The number of aromatic nitrogens is 4. The zero-order valence-electron chi connectivity index (χ0n) is 18.4. The number of ether oxygens (including phenoxy) is 2. The predicted molar refractivity (Wildman–Crippen MR) is 121 cm³/mol. The molecule has 2 heterocycles. The zero-order valence-corrected chi connectivity index (χ0v) is 18.4. The van der Waals surface area contributed by atoms with Crippen LogP contribution in [0.2, 0.25) is 0 Å². The number of hydrogen-bond acceptors (Lipinski definition) is 8. The fourth-order valence-corrected chi connectivity index (χ4v) is 3.72. The highest BCUT2D eigenvalue weighted by Crippen LogP contribution is 2.36. The summed E-state index contributed by atoms with van der Waals surface area (Å²) in [6.07, 6.45) is 6.23. The highest BCUT2D eigenvalue weighted by atomic mass is 16.6. The van der Waals surface area contributed by atoms with Gasteiger partial charge in [-0.25, -0.2) is 14.3 Å². The van der Waals surface area contributed by atoms with Crippen molar-refractivity contribution in [1.29, 1.82) is 5.26 Å². The Kier molecular flexibility index (Phi) is 5.40. The van der Waals surface area contributed by atoms with Gasteiger partial charge in [0.2, 0.25) is 5.82 Å². The van der Waals surface area contributed by atoms with Crippen LogP contribution in [0.4, 0.5) is 4.79 Å². The minimum Gasteiger partial charge on any atom is -0.490 e. The van der Waals surface area contributed by atoms with Crippen LogP contribution in [0, 0.1) is 11.3 Å². The van der Waals surface area contributed by atoms with Crippen molar-refractivity contribution < 1.29 is 18.8 Å². The van der Waals surface area contributed by atoms with Gasteiger partial charge in [0.1, 0.15) is 23.9 Å². The van der Waals surface area contributed by atoms with E-state index in [2.05, 4.69) is 21.2 Å². The van der Waals surface area contributed by atoms with Crippen LogP contribution in [0.5, 0.6) is 5.75 Å². The van der Waals surface area contributed by atoms with Crippen molar-refractivity contribution in [2.75, 3.05) is 0 Å². The van der Waals surface area contributed by atoms with E-state index in [0.29, 0.717) is 34.9 Å². The first-order valence-corrected chi connectivity index (χ1v) is 10.6. The molecule has 2 aromatic heterocycles. The van der Waals surface area contributed by atoms with E-state index >= 15 is 0 Å². The Morgan fingerprint density at radius 1 is 1.24 bits per heavy atom. The highest BCUT2D eigenvalue weighted by molar-refractivity contribution is 5.83. The third kappa shape index (κ3) is 3.93. The van der Waals surface area contributed by atoms with Gasteiger partial charge in [-0.1, -0.05) is 23.4 Å². The van der Waals surface area contributed by atoms with Crippen molar-refractivity contribution >= 4 is 11.9 Å². The Morgan fingerprint density at radius 2 is 2.09 bits per heavy atom. The average molecular weight is 453 g/mol. The molecule has 0 fully saturated rings. The molecule has 0 unspecified atom stereocenters. The van der Waals surface area contributed by atoms with Crippen LogP contribution in [0.1, 0.15) is 30.5 Å². The standard InChI is InChI=1S/C25H19N5O4/c1-15(2)32-21-8-6-16(12-17(21)13-26)24-28-23(29-34-24)20-5-3-4-19-18(20)7-9-22(19)33-25(31)30-11-10-27-14-30/h3-6,8-12,14-15H,7H2,1-2H3. The van der Waals surface area contributed by atoms with Gasteiger partial charge in [0, 0.05) is 29.1 Å². The van der Waals surface area contributed by atoms with Crippen LogP contribution in [0.25, 0.3) is 28.6 Å². The Labute approximate surface area is 194 Å². The molecular weight excluding hydrogens is 434 g/mol. The van der Waals surface area contributed by atoms with Crippen molar-refractivity contribution in [1.82, 2.24) is 19.7 Å². The molecule has 34 heavy (non-hydrogen) atoms. The van der Waals surface area contributed by atoms with Crippen molar-refractivity contribution in [3.63, 3.8) is 0 Å². The molecule has 1 aliphatic rings. The third-order valence-corrected chi connectivity index (χ3v) is 5.22. The fraction of sp³-hybridized carbons (Fsp3) is 0.160. The molecule has 1 aliphatic carbocycles. The van der Waals surface area contributed by atoms with E-state index in [9.17, 15) is 10.1 Å². The Morgan fingerprint density at radius 3 is 2.85 bits per heavy atom. The summed E-state index contributed by atoms with van der Waals surface area (Å²) in [5.41, 5.74) is 3.51. The zero-order chi connectivity index (χ0) is 23.7. The Bertz CT molecular complexity index is 1440. The molecule has 0 aliphatic heterocycles. The molecule has 0 spiro atoms. The molecule has 0 atom stereocenters. The van der Waals surface area contributed by atoms with Gasteiger partial charge in [0.05, 0.1) is 11.7 Å². The first-order chi connectivity index (χ1) is 16.5. The van der Waals surface area contributed by atoms with E-state index in [1.54, 1.807) is 18.2 Å². The van der Waals surface area contributed by atoms with Gasteiger partial charge in [-0.2, -0.15) is 10.2 Å². The van der Waals surface area contributed by atoms with Gasteiger partial charge in [-0.15, -0.1) is 0 Å². The van der Waals surface area contributed by atoms with E-state index in [1.807, 2.05) is 38.1 Å². The maximum Gasteiger partial charge on any atom is 0.424 e. The maximum atomic E-state index is 12.3. The van der Waals surface area contributed by atoms with Gasteiger partial charge in [0.15, 0.2) is 0 Å². The monoisotopic (exact) mass is 453 g/mol. The van der Waals surface area contributed by atoms with Crippen LogP contribution in [0.15, 0.2) is 65.7 Å². The van der Waals surface area contributed by atoms with E-state index in [4.69, 9.17) is 14.0 Å². The number of nitriles is 1. The van der Waals surface area contributed by atoms with Crippen LogP contribution in [-0.2, 0) is 11.2 Å². The minimum atomic E-state index is -0.540. The molecule has 0 radical (unpaired) electrons. The molecule has 9 nitrogen and oxygen atoms in total. The number of allylic oxidation sites excluding steroid dienone is 1. The third-order valence-electron chi connectivity index (χ3n) is 5.22. The van der Waals surface area contributed by atoms with Crippen LogP contribution < -0.4 is 4.74 Å². The van der Waals surface area contributed by atoms with Gasteiger partial charge < -0.3 is 14.0 Å². The Balaban J connectivity index is 1.41. The molecule has 9 heteroatoms. The number of carbonyl (C=O) groups excluding carboxylic acids is 1. The summed E-state index contributed by atoms with van der Waals surface area (Å²) in [6.45, 7) is 3.80. The molecule has 5 rings (SSSR count). The molecular formula is C25H19N5O4. The second-order valence-corrected chi connectivity index (χ2v) is 7.85. The second kappa shape index (κ2) is 8.67. The summed E-state index contributed by atoms with van der Waals surface area (Å²) in [5, 5.41) is 13.6. The number of carbonyl (C=O) groups is 1. The molecule has 0 saturated carbocycles. The molecule has 0 saturated heterocycles. The number of benzene rings is 2. The van der Waals surface area contributed by atoms with Crippen LogP contribution >= 0.6 is 0 Å². The van der Waals surface area contributed by atoms with E-state index in [0.717, 1.165) is 16.7 Å². The second-order valence-electron chi connectivity index (χ2n) is 7.85. The molecule has 168 valence electrons. The van der Waals surface area contributed by atoms with E-state index < -0.39 is 6.09 Å². The lowest BCUT2D eigenvalue weighted by molar-refractivity contribution is 0.193. The maximum absolute atomic E-state index is 12.3. The average Bonchev–Trinajstić information content (AvgIpc) is 3.60. The molecule has 0 N–H and O–H groups in total. The largest absolute Gasteiger partial charge is 0.490 e. The summed E-state index contributed by atoms with van der Waals surface area (Å²) >= 11 is 0. The smallest absolute Gasteiger partial charge is 0.424 e. The molecule has 2 aromatic carbocycles. The molecule has 4 aromatic rings. The lowest BCUT2D eigenvalue weighted by Crippen LogP contribution is -2.10. The molecule has 0 amide bonds. The lowest BCUT2D eigenvalue weighted by Gasteiger charge is -2.11. The first-order valence-electron chi connectivity index (χ1n) is 10.6. The topological polar surface area (TPSA) is 116 Å². The van der Waals surface area contributed by atoms with Gasteiger partial charge in [-0.05, 0) is 50.1 Å². The van der Waals surface area contributed by atoms with Crippen molar-refractivity contribution in [3.8, 4) is 34.7 Å². The SMILES string of the molecule is CC(C)Oc1ccc(-c2nc(-c3cccc4c3CC=C4OC(=O)n3ccnc3)no2)cc1C#N. The van der Waals surface area contributed by atoms with Crippen molar-refractivity contribution in [3.05, 3.63) is 77.9 Å².